The van der Waals surface area contributed by atoms with E-state index in [1.54, 1.807) is 19.9 Å². The SMILES string of the molecule is Cc1cc(C(=O)CC(C)(C)CC(=O)O)sc1Cl. The maximum atomic E-state index is 12.0. The molecule has 0 radical (unpaired) electrons. The van der Waals surface area contributed by atoms with Crippen LogP contribution in [0.2, 0.25) is 4.34 Å². The lowest BCUT2D eigenvalue weighted by Crippen LogP contribution is -2.20. The van der Waals surface area contributed by atoms with Crippen molar-refractivity contribution in [3.63, 3.8) is 0 Å². The summed E-state index contributed by atoms with van der Waals surface area (Å²) in [6, 6.07) is 1.76. The first-order valence-corrected chi connectivity index (χ1v) is 6.42. The van der Waals surface area contributed by atoms with Gasteiger partial charge in [-0.2, -0.15) is 0 Å². The summed E-state index contributed by atoms with van der Waals surface area (Å²) in [6.45, 7) is 5.40. The van der Waals surface area contributed by atoms with Crippen molar-refractivity contribution in [1.82, 2.24) is 0 Å². The van der Waals surface area contributed by atoms with Gasteiger partial charge in [-0.05, 0) is 24.0 Å². The highest BCUT2D eigenvalue weighted by Crippen LogP contribution is 2.32. The molecule has 5 heteroatoms. The predicted molar refractivity (Wildman–Crippen MR) is 69.0 cm³/mol. The van der Waals surface area contributed by atoms with E-state index < -0.39 is 11.4 Å². The molecule has 0 aromatic carbocycles. The lowest BCUT2D eigenvalue weighted by atomic mass is 9.84. The van der Waals surface area contributed by atoms with Gasteiger partial charge in [-0.25, -0.2) is 0 Å². The number of carbonyl (C=O) groups is 2. The molecule has 1 N–H and O–H groups in total. The molecular formula is C12H15ClO3S. The highest BCUT2D eigenvalue weighted by atomic mass is 35.5. The summed E-state index contributed by atoms with van der Waals surface area (Å²) in [6.07, 6.45) is 0.201. The van der Waals surface area contributed by atoms with Crippen molar-refractivity contribution < 1.29 is 14.7 Å². The summed E-state index contributed by atoms with van der Waals surface area (Å²) in [5.41, 5.74) is 0.351. The predicted octanol–water partition coefficient (Wildman–Crippen LogP) is 3.78. The highest BCUT2D eigenvalue weighted by Gasteiger charge is 2.26. The molecule has 94 valence electrons. The summed E-state index contributed by atoms with van der Waals surface area (Å²) in [5, 5.41) is 8.75. The molecule has 0 bridgehead atoms. The van der Waals surface area contributed by atoms with Crippen molar-refractivity contribution in [2.75, 3.05) is 0 Å². The molecule has 1 aromatic rings. The third-order valence-corrected chi connectivity index (χ3v) is 4.00. The Morgan fingerprint density at radius 3 is 2.41 bits per heavy atom. The van der Waals surface area contributed by atoms with Gasteiger partial charge in [0.1, 0.15) is 0 Å². The van der Waals surface area contributed by atoms with Crippen molar-refractivity contribution >= 4 is 34.7 Å². The molecule has 1 rings (SSSR count). The van der Waals surface area contributed by atoms with E-state index >= 15 is 0 Å². The fraction of sp³-hybridized carbons (Fsp3) is 0.500. The van der Waals surface area contributed by atoms with Crippen LogP contribution in [-0.2, 0) is 4.79 Å². The number of carboxylic acid groups (broad SMARTS) is 1. The van der Waals surface area contributed by atoms with Crippen molar-refractivity contribution in [3.8, 4) is 0 Å². The summed E-state index contributed by atoms with van der Waals surface area (Å²) in [4.78, 5) is 23.2. The van der Waals surface area contributed by atoms with E-state index in [2.05, 4.69) is 0 Å². The Kier molecular flexibility index (Phi) is 4.33. The van der Waals surface area contributed by atoms with Crippen LogP contribution in [0.5, 0.6) is 0 Å². The second-order valence-corrected chi connectivity index (χ2v) is 6.56. The van der Waals surface area contributed by atoms with Crippen molar-refractivity contribution in [2.45, 2.75) is 33.6 Å². The Labute approximate surface area is 109 Å². The zero-order valence-corrected chi connectivity index (χ0v) is 11.6. The van der Waals surface area contributed by atoms with Gasteiger partial charge in [-0.15, -0.1) is 11.3 Å². The molecular weight excluding hydrogens is 260 g/mol. The second kappa shape index (κ2) is 5.19. The third-order valence-electron chi connectivity index (χ3n) is 2.40. The first kappa shape index (κ1) is 14.2. The molecule has 0 spiro atoms. The van der Waals surface area contributed by atoms with E-state index in [0.717, 1.165) is 5.56 Å². The highest BCUT2D eigenvalue weighted by molar-refractivity contribution is 7.18. The molecule has 0 saturated carbocycles. The number of hydrogen-bond acceptors (Lipinski definition) is 3. The van der Waals surface area contributed by atoms with Crippen LogP contribution in [0.3, 0.4) is 0 Å². The second-order valence-electron chi connectivity index (χ2n) is 4.90. The zero-order valence-electron chi connectivity index (χ0n) is 10.0. The minimum Gasteiger partial charge on any atom is -0.481 e. The number of halogens is 1. The molecule has 0 fully saturated rings. The molecule has 0 unspecified atom stereocenters. The Morgan fingerprint density at radius 2 is 2.00 bits per heavy atom. The lowest BCUT2D eigenvalue weighted by Gasteiger charge is -2.20. The molecule has 0 aliphatic rings. The van der Waals surface area contributed by atoms with Crippen LogP contribution < -0.4 is 0 Å². The number of ketones is 1. The molecule has 3 nitrogen and oxygen atoms in total. The number of rotatable bonds is 5. The van der Waals surface area contributed by atoms with Gasteiger partial charge in [0, 0.05) is 6.42 Å². The molecule has 1 heterocycles. The van der Waals surface area contributed by atoms with Crippen LogP contribution in [0.25, 0.3) is 0 Å². The first-order chi connectivity index (χ1) is 7.71. The number of aryl methyl sites for hydroxylation is 1. The van der Waals surface area contributed by atoms with Crippen molar-refractivity contribution in [1.29, 1.82) is 0 Å². The van der Waals surface area contributed by atoms with Gasteiger partial charge in [-0.1, -0.05) is 25.4 Å². The van der Waals surface area contributed by atoms with Crippen molar-refractivity contribution in [3.05, 3.63) is 20.8 Å². The smallest absolute Gasteiger partial charge is 0.303 e. The molecule has 1 aromatic heterocycles. The fourth-order valence-electron chi connectivity index (χ4n) is 1.59. The molecule has 0 amide bonds. The van der Waals surface area contributed by atoms with Gasteiger partial charge in [0.2, 0.25) is 0 Å². The van der Waals surface area contributed by atoms with Gasteiger partial charge in [-0.3, -0.25) is 9.59 Å². The van der Waals surface area contributed by atoms with Gasteiger partial charge in [0.05, 0.1) is 15.6 Å². The number of thiophene rings is 1. The van der Waals surface area contributed by atoms with E-state index in [1.807, 2.05) is 6.92 Å². The van der Waals surface area contributed by atoms with Crippen LogP contribution >= 0.6 is 22.9 Å². The average molecular weight is 275 g/mol. The van der Waals surface area contributed by atoms with Gasteiger partial charge < -0.3 is 5.11 Å². The number of carboxylic acids is 1. The minimum atomic E-state index is -0.886. The zero-order chi connectivity index (χ0) is 13.2. The van der Waals surface area contributed by atoms with E-state index in [-0.39, 0.29) is 18.6 Å². The molecule has 0 saturated heterocycles. The normalized spacial score (nSPS) is 11.5. The van der Waals surface area contributed by atoms with E-state index in [9.17, 15) is 9.59 Å². The third kappa shape index (κ3) is 4.13. The van der Waals surface area contributed by atoms with Crippen LogP contribution in [0, 0.1) is 12.3 Å². The molecule has 0 aliphatic heterocycles. The van der Waals surface area contributed by atoms with Gasteiger partial charge in [0.25, 0.3) is 0 Å². The Hall–Kier alpha value is -0.870. The van der Waals surface area contributed by atoms with E-state index in [0.29, 0.717) is 9.21 Å². The van der Waals surface area contributed by atoms with Crippen LogP contribution in [0.1, 0.15) is 41.9 Å². The van der Waals surface area contributed by atoms with Crippen LogP contribution in [0.15, 0.2) is 6.07 Å². The monoisotopic (exact) mass is 274 g/mol. The minimum absolute atomic E-state index is 0.0170. The van der Waals surface area contributed by atoms with Crippen LogP contribution in [0.4, 0.5) is 0 Å². The summed E-state index contributed by atoms with van der Waals surface area (Å²) in [7, 11) is 0. The maximum absolute atomic E-state index is 12.0. The summed E-state index contributed by atoms with van der Waals surface area (Å²) in [5.74, 6) is -0.931. The standard InChI is InChI=1S/C12H15ClO3S/c1-7-4-9(17-11(7)13)8(14)5-12(2,3)6-10(15)16/h4H,5-6H2,1-3H3,(H,15,16). The summed E-state index contributed by atoms with van der Waals surface area (Å²) < 4.78 is 0.615. The fourth-order valence-corrected chi connectivity index (χ4v) is 2.73. The average Bonchev–Trinajstić information content (AvgIpc) is 2.43. The maximum Gasteiger partial charge on any atom is 0.303 e. The van der Waals surface area contributed by atoms with E-state index in [4.69, 9.17) is 16.7 Å². The Balaban J connectivity index is 2.75. The van der Waals surface area contributed by atoms with Gasteiger partial charge in [0.15, 0.2) is 5.78 Å². The largest absolute Gasteiger partial charge is 0.481 e. The topological polar surface area (TPSA) is 54.4 Å². The number of hydrogen-bond donors (Lipinski definition) is 1. The quantitative estimate of drug-likeness (QED) is 0.831. The number of aliphatic carboxylic acids is 1. The summed E-state index contributed by atoms with van der Waals surface area (Å²) >= 11 is 7.15. The molecule has 17 heavy (non-hydrogen) atoms. The number of carbonyl (C=O) groups excluding carboxylic acids is 1. The Bertz CT molecular complexity index is 429. The van der Waals surface area contributed by atoms with E-state index in [1.165, 1.54) is 11.3 Å². The van der Waals surface area contributed by atoms with Crippen molar-refractivity contribution in [2.24, 2.45) is 5.41 Å². The first-order valence-electron chi connectivity index (χ1n) is 5.22. The molecule has 0 aliphatic carbocycles. The molecule has 0 atom stereocenters. The van der Waals surface area contributed by atoms with Gasteiger partial charge >= 0.3 is 5.97 Å². The number of Topliss-reactive ketones (excluding diaryl/α,β-unsaturated/α-hetero) is 1. The van der Waals surface area contributed by atoms with Crippen LogP contribution in [-0.4, -0.2) is 16.9 Å². The lowest BCUT2D eigenvalue weighted by molar-refractivity contribution is -0.139. The Morgan fingerprint density at radius 1 is 1.41 bits per heavy atom.